The van der Waals surface area contributed by atoms with Crippen LogP contribution in [0.1, 0.15) is 5.69 Å². The Kier molecular flexibility index (Phi) is 1.66. The molecular formula is C7H8N6. The first-order valence-corrected chi connectivity index (χ1v) is 3.74. The molecule has 0 spiro atoms. The van der Waals surface area contributed by atoms with Gasteiger partial charge in [-0.3, -0.25) is 5.10 Å². The van der Waals surface area contributed by atoms with E-state index in [4.69, 9.17) is 5.73 Å². The fourth-order valence-corrected chi connectivity index (χ4v) is 0.915. The first-order valence-electron chi connectivity index (χ1n) is 3.74. The summed E-state index contributed by atoms with van der Waals surface area (Å²) in [5, 5.41) is 14.2. The first-order chi connectivity index (χ1) is 6.25. The molecule has 0 atom stereocenters. The van der Waals surface area contributed by atoms with Crippen LogP contribution in [0.25, 0.3) is 11.5 Å². The molecule has 66 valence electrons. The summed E-state index contributed by atoms with van der Waals surface area (Å²) in [7, 11) is 0. The molecule has 0 aliphatic rings. The zero-order chi connectivity index (χ0) is 9.26. The molecule has 2 aromatic heterocycles. The third-order valence-corrected chi connectivity index (χ3v) is 1.54. The number of aryl methyl sites for hydroxylation is 1. The lowest BCUT2D eigenvalue weighted by Gasteiger charge is -1.93. The molecule has 2 rings (SSSR count). The molecule has 2 aromatic rings. The maximum Gasteiger partial charge on any atom is 0.239 e. The van der Waals surface area contributed by atoms with Crippen LogP contribution in [0.5, 0.6) is 0 Å². The Balaban J connectivity index is 2.41. The van der Waals surface area contributed by atoms with E-state index in [1.54, 1.807) is 0 Å². The van der Waals surface area contributed by atoms with Gasteiger partial charge in [-0.15, -0.1) is 10.2 Å². The number of nitrogens with two attached hydrogens (primary N) is 1. The van der Waals surface area contributed by atoms with E-state index in [9.17, 15) is 0 Å². The van der Waals surface area contributed by atoms with Crippen LogP contribution in [0, 0.1) is 6.92 Å². The summed E-state index contributed by atoms with van der Waals surface area (Å²) >= 11 is 0. The van der Waals surface area contributed by atoms with Gasteiger partial charge in [0.1, 0.15) is 5.69 Å². The third kappa shape index (κ3) is 1.46. The normalized spacial score (nSPS) is 10.2. The predicted molar refractivity (Wildman–Crippen MR) is 46.6 cm³/mol. The lowest BCUT2D eigenvalue weighted by molar-refractivity contribution is 0.970. The number of rotatable bonds is 1. The average Bonchev–Trinajstić information content (AvgIpc) is 2.53. The van der Waals surface area contributed by atoms with Crippen molar-refractivity contribution in [1.29, 1.82) is 0 Å². The number of aromatic amines is 1. The Hall–Kier alpha value is -1.98. The molecule has 0 aliphatic carbocycles. The van der Waals surface area contributed by atoms with Crippen LogP contribution in [0.3, 0.4) is 0 Å². The highest BCUT2D eigenvalue weighted by Crippen LogP contribution is 2.10. The SMILES string of the molecule is Cc1ccc(-c2nc(N)n[nH]2)nn1. The average molecular weight is 176 g/mol. The second-order valence-electron chi connectivity index (χ2n) is 2.60. The highest BCUT2D eigenvalue weighted by molar-refractivity contribution is 5.48. The molecule has 0 radical (unpaired) electrons. The minimum absolute atomic E-state index is 0.206. The Morgan fingerprint density at radius 2 is 2.15 bits per heavy atom. The van der Waals surface area contributed by atoms with Gasteiger partial charge in [0.25, 0.3) is 0 Å². The van der Waals surface area contributed by atoms with Crippen molar-refractivity contribution in [3.63, 3.8) is 0 Å². The van der Waals surface area contributed by atoms with Crippen LogP contribution in [0.4, 0.5) is 5.95 Å². The van der Waals surface area contributed by atoms with Crippen molar-refractivity contribution >= 4 is 5.95 Å². The van der Waals surface area contributed by atoms with Crippen LogP contribution in [0.15, 0.2) is 12.1 Å². The highest BCUT2D eigenvalue weighted by atomic mass is 15.3. The van der Waals surface area contributed by atoms with Gasteiger partial charge in [0.2, 0.25) is 5.95 Å². The lowest BCUT2D eigenvalue weighted by Crippen LogP contribution is -1.91. The van der Waals surface area contributed by atoms with Crippen molar-refractivity contribution in [2.24, 2.45) is 0 Å². The first kappa shape index (κ1) is 7.66. The molecule has 6 heteroatoms. The molecular weight excluding hydrogens is 168 g/mol. The second kappa shape index (κ2) is 2.81. The molecule has 0 bridgehead atoms. The standard InChI is InChI=1S/C7H8N6/c1-4-2-3-5(11-10-4)6-9-7(8)13-12-6/h2-3H,1H3,(H3,8,9,12,13). The number of aromatic nitrogens is 5. The van der Waals surface area contributed by atoms with Gasteiger partial charge in [0.15, 0.2) is 5.82 Å². The molecule has 0 unspecified atom stereocenters. The summed E-state index contributed by atoms with van der Waals surface area (Å²) in [6, 6.07) is 3.66. The van der Waals surface area contributed by atoms with E-state index in [-0.39, 0.29) is 5.95 Å². The van der Waals surface area contributed by atoms with Crippen molar-refractivity contribution < 1.29 is 0 Å². The number of hydrogen-bond donors (Lipinski definition) is 2. The molecule has 6 nitrogen and oxygen atoms in total. The number of nitrogens with zero attached hydrogens (tertiary/aromatic N) is 4. The van der Waals surface area contributed by atoms with E-state index in [1.165, 1.54) is 0 Å². The maximum atomic E-state index is 5.34. The molecule has 3 N–H and O–H groups in total. The van der Waals surface area contributed by atoms with E-state index in [0.29, 0.717) is 11.5 Å². The molecule has 13 heavy (non-hydrogen) atoms. The van der Waals surface area contributed by atoms with Crippen LogP contribution >= 0.6 is 0 Å². The Morgan fingerprint density at radius 1 is 1.31 bits per heavy atom. The second-order valence-corrected chi connectivity index (χ2v) is 2.60. The highest BCUT2D eigenvalue weighted by Gasteiger charge is 2.04. The van der Waals surface area contributed by atoms with Gasteiger partial charge in [0.05, 0.1) is 5.69 Å². The van der Waals surface area contributed by atoms with Crippen molar-refractivity contribution in [3.05, 3.63) is 17.8 Å². The van der Waals surface area contributed by atoms with Crippen molar-refractivity contribution in [1.82, 2.24) is 25.4 Å². The maximum absolute atomic E-state index is 5.34. The topological polar surface area (TPSA) is 93.4 Å². The molecule has 0 aliphatic heterocycles. The summed E-state index contributed by atoms with van der Waals surface area (Å²) in [5.74, 6) is 0.738. The fraction of sp³-hybridized carbons (Fsp3) is 0.143. The third-order valence-electron chi connectivity index (χ3n) is 1.54. The van der Waals surface area contributed by atoms with E-state index in [0.717, 1.165) is 5.69 Å². The number of anilines is 1. The van der Waals surface area contributed by atoms with Crippen molar-refractivity contribution in [2.75, 3.05) is 5.73 Å². The smallest absolute Gasteiger partial charge is 0.239 e. The summed E-state index contributed by atoms with van der Waals surface area (Å²) in [6.45, 7) is 1.87. The van der Waals surface area contributed by atoms with E-state index < -0.39 is 0 Å². The largest absolute Gasteiger partial charge is 0.366 e. The van der Waals surface area contributed by atoms with Gasteiger partial charge in [0, 0.05) is 0 Å². The predicted octanol–water partition coefficient (Wildman–Crippen LogP) is 0.152. The van der Waals surface area contributed by atoms with Crippen LogP contribution in [-0.2, 0) is 0 Å². The number of nitrogens with one attached hydrogen (secondary N) is 1. The number of nitrogen functional groups attached to an aromatic ring is 1. The zero-order valence-corrected chi connectivity index (χ0v) is 7.02. The number of H-pyrrole nitrogens is 1. The minimum atomic E-state index is 0.206. The summed E-state index contributed by atoms with van der Waals surface area (Å²) < 4.78 is 0. The van der Waals surface area contributed by atoms with E-state index in [1.807, 2.05) is 19.1 Å². The summed E-state index contributed by atoms with van der Waals surface area (Å²) in [4.78, 5) is 3.92. The fourth-order valence-electron chi connectivity index (χ4n) is 0.915. The van der Waals surface area contributed by atoms with Gasteiger partial charge in [-0.1, -0.05) is 0 Å². The van der Waals surface area contributed by atoms with E-state index in [2.05, 4.69) is 25.4 Å². The van der Waals surface area contributed by atoms with Crippen LogP contribution < -0.4 is 5.73 Å². The molecule has 0 aromatic carbocycles. The lowest BCUT2D eigenvalue weighted by atomic mass is 10.3. The summed E-state index contributed by atoms with van der Waals surface area (Å²) in [6.07, 6.45) is 0. The van der Waals surface area contributed by atoms with Gasteiger partial charge < -0.3 is 5.73 Å². The van der Waals surface area contributed by atoms with Crippen LogP contribution in [-0.4, -0.2) is 25.4 Å². The van der Waals surface area contributed by atoms with Gasteiger partial charge in [-0.25, -0.2) is 0 Å². The van der Waals surface area contributed by atoms with Crippen LogP contribution in [0.2, 0.25) is 0 Å². The monoisotopic (exact) mass is 176 g/mol. The molecule has 0 amide bonds. The number of hydrogen-bond acceptors (Lipinski definition) is 5. The molecule has 0 saturated carbocycles. The van der Waals surface area contributed by atoms with Gasteiger partial charge in [-0.2, -0.15) is 10.1 Å². The van der Waals surface area contributed by atoms with Crippen molar-refractivity contribution in [3.8, 4) is 11.5 Å². The van der Waals surface area contributed by atoms with E-state index >= 15 is 0 Å². The summed E-state index contributed by atoms with van der Waals surface area (Å²) in [5.41, 5.74) is 6.84. The quantitative estimate of drug-likeness (QED) is 0.645. The molecule has 2 heterocycles. The minimum Gasteiger partial charge on any atom is -0.366 e. The zero-order valence-electron chi connectivity index (χ0n) is 7.02. The Bertz CT molecular complexity index is 403. The van der Waals surface area contributed by atoms with Gasteiger partial charge in [-0.05, 0) is 19.1 Å². The molecule has 0 saturated heterocycles. The Labute approximate surface area is 74.2 Å². The van der Waals surface area contributed by atoms with Gasteiger partial charge >= 0.3 is 0 Å². The Morgan fingerprint density at radius 3 is 2.69 bits per heavy atom. The van der Waals surface area contributed by atoms with Crippen molar-refractivity contribution in [2.45, 2.75) is 6.92 Å². The molecule has 0 fully saturated rings.